The topological polar surface area (TPSA) is 46.3 Å². The summed E-state index contributed by atoms with van der Waals surface area (Å²) in [6, 6.07) is 0. The van der Waals surface area contributed by atoms with Crippen molar-refractivity contribution in [3.63, 3.8) is 0 Å². The molecule has 1 atom stereocenters. The lowest BCUT2D eigenvalue weighted by molar-refractivity contribution is -0.135. The molecule has 0 spiro atoms. The van der Waals surface area contributed by atoms with Gasteiger partial charge in [-0.15, -0.1) is 0 Å². The van der Waals surface area contributed by atoms with Gasteiger partial charge >= 0.3 is 0 Å². The minimum absolute atomic E-state index is 0.0637. The highest BCUT2D eigenvalue weighted by molar-refractivity contribution is 5.77. The first-order valence-electron chi connectivity index (χ1n) is 7.16. The summed E-state index contributed by atoms with van der Waals surface area (Å²) in [4.78, 5) is 14.4. The fourth-order valence-corrected chi connectivity index (χ4v) is 3.41. The van der Waals surface area contributed by atoms with E-state index in [1.54, 1.807) is 0 Å². The summed E-state index contributed by atoms with van der Waals surface area (Å²) >= 11 is 0. The van der Waals surface area contributed by atoms with E-state index in [0.29, 0.717) is 18.4 Å². The van der Waals surface area contributed by atoms with Gasteiger partial charge < -0.3 is 10.6 Å². The van der Waals surface area contributed by atoms with Crippen molar-refractivity contribution in [1.82, 2.24) is 4.90 Å². The second-order valence-corrected chi connectivity index (χ2v) is 6.06. The molecule has 2 rings (SSSR count). The van der Waals surface area contributed by atoms with Crippen LogP contribution in [0.1, 0.15) is 58.3 Å². The average molecular weight is 238 g/mol. The summed E-state index contributed by atoms with van der Waals surface area (Å²) < 4.78 is 0. The lowest BCUT2D eigenvalue weighted by Gasteiger charge is -2.35. The minimum atomic E-state index is -0.0637. The number of amides is 1. The van der Waals surface area contributed by atoms with E-state index < -0.39 is 0 Å². The van der Waals surface area contributed by atoms with Crippen LogP contribution in [0.2, 0.25) is 0 Å². The second kappa shape index (κ2) is 5.38. The van der Waals surface area contributed by atoms with E-state index in [1.165, 1.54) is 32.1 Å². The molecule has 17 heavy (non-hydrogen) atoms. The number of likely N-dealkylation sites (tertiary alicyclic amines) is 1. The quantitative estimate of drug-likeness (QED) is 0.820. The fourth-order valence-electron chi connectivity index (χ4n) is 3.41. The summed E-state index contributed by atoms with van der Waals surface area (Å²) in [5.74, 6) is 0.987. The first kappa shape index (κ1) is 12.9. The van der Waals surface area contributed by atoms with Crippen LogP contribution in [0.5, 0.6) is 0 Å². The molecule has 1 amide bonds. The standard InChI is InChI=1S/C14H26N2O/c1-14(11-15)8-5-9-16(14)13(17)10-12-6-3-2-4-7-12/h12H,2-11,15H2,1H3. The molecule has 0 bridgehead atoms. The third kappa shape index (κ3) is 2.82. The van der Waals surface area contributed by atoms with Crippen LogP contribution in [0.4, 0.5) is 0 Å². The Morgan fingerprint density at radius 1 is 1.29 bits per heavy atom. The van der Waals surface area contributed by atoms with Crippen molar-refractivity contribution in [3.8, 4) is 0 Å². The van der Waals surface area contributed by atoms with E-state index in [-0.39, 0.29) is 5.54 Å². The molecule has 98 valence electrons. The van der Waals surface area contributed by atoms with Gasteiger partial charge in [0.15, 0.2) is 0 Å². The van der Waals surface area contributed by atoms with Gasteiger partial charge in [0.05, 0.1) is 5.54 Å². The molecular weight excluding hydrogens is 212 g/mol. The molecule has 0 aromatic rings. The van der Waals surface area contributed by atoms with Crippen LogP contribution in [-0.2, 0) is 4.79 Å². The van der Waals surface area contributed by atoms with Gasteiger partial charge in [-0.05, 0) is 38.5 Å². The Hall–Kier alpha value is -0.570. The van der Waals surface area contributed by atoms with Gasteiger partial charge in [-0.1, -0.05) is 19.3 Å². The number of hydrogen-bond acceptors (Lipinski definition) is 2. The predicted molar refractivity (Wildman–Crippen MR) is 69.6 cm³/mol. The monoisotopic (exact) mass is 238 g/mol. The SMILES string of the molecule is CC1(CN)CCCN1C(=O)CC1CCCCC1. The first-order chi connectivity index (χ1) is 8.15. The number of carbonyl (C=O) groups is 1. The van der Waals surface area contributed by atoms with E-state index in [4.69, 9.17) is 5.73 Å². The van der Waals surface area contributed by atoms with Crippen LogP contribution in [0.15, 0.2) is 0 Å². The lowest BCUT2D eigenvalue weighted by atomic mass is 9.86. The highest BCUT2D eigenvalue weighted by atomic mass is 16.2. The van der Waals surface area contributed by atoms with E-state index in [9.17, 15) is 4.79 Å². The maximum absolute atomic E-state index is 12.4. The average Bonchev–Trinajstić information content (AvgIpc) is 2.73. The Morgan fingerprint density at radius 3 is 2.65 bits per heavy atom. The Balaban J connectivity index is 1.90. The number of hydrogen-bond donors (Lipinski definition) is 1. The van der Waals surface area contributed by atoms with Gasteiger partial charge in [0.25, 0.3) is 0 Å². The van der Waals surface area contributed by atoms with Crippen LogP contribution in [0, 0.1) is 5.92 Å². The molecular formula is C14H26N2O. The van der Waals surface area contributed by atoms with E-state index in [2.05, 4.69) is 11.8 Å². The number of nitrogens with two attached hydrogens (primary N) is 1. The van der Waals surface area contributed by atoms with Crippen molar-refractivity contribution in [2.45, 2.75) is 63.8 Å². The second-order valence-electron chi connectivity index (χ2n) is 6.06. The molecule has 0 aromatic heterocycles. The van der Waals surface area contributed by atoms with Crippen molar-refractivity contribution in [2.75, 3.05) is 13.1 Å². The van der Waals surface area contributed by atoms with Crippen LogP contribution in [-0.4, -0.2) is 29.4 Å². The normalized spacial score (nSPS) is 30.8. The summed E-state index contributed by atoms with van der Waals surface area (Å²) in [6.45, 7) is 3.65. The molecule has 3 heteroatoms. The van der Waals surface area contributed by atoms with Gasteiger partial charge in [0, 0.05) is 19.5 Å². The Labute approximate surface area is 105 Å². The maximum Gasteiger partial charge on any atom is 0.223 e. The van der Waals surface area contributed by atoms with Crippen molar-refractivity contribution in [1.29, 1.82) is 0 Å². The molecule has 1 heterocycles. The molecule has 2 aliphatic rings. The molecule has 1 aliphatic carbocycles. The maximum atomic E-state index is 12.4. The van der Waals surface area contributed by atoms with Gasteiger partial charge in [0.1, 0.15) is 0 Å². The molecule has 1 aliphatic heterocycles. The van der Waals surface area contributed by atoms with Crippen LogP contribution in [0.3, 0.4) is 0 Å². The third-order valence-corrected chi connectivity index (χ3v) is 4.68. The zero-order valence-electron chi connectivity index (χ0n) is 11.1. The number of nitrogens with zero attached hydrogens (tertiary/aromatic N) is 1. The van der Waals surface area contributed by atoms with Crippen LogP contribution in [0.25, 0.3) is 0 Å². The number of rotatable bonds is 3. The van der Waals surface area contributed by atoms with Gasteiger partial charge in [-0.3, -0.25) is 4.79 Å². The third-order valence-electron chi connectivity index (χ3n) is 4.68. The summed E-state index contributed by atoms with van der Waals surface area (Å²) in [5.41, 5.74) is 5.77. The number of carbonyl (C=O) groups excluding carboxylic acids is 1. The molecule has 1 saturated heterocycles. The predicted octanol–water partition coefficient (Wildman–Crippen LogP) is 2.30. The van der Waals surface area contributed by atoms with Gasteiger partial charge in [0.2, 0.25) is 5.91 Å². The summed E-state index contributed by atoms with van der Waals surface area (Å²) in [7, 11) is 0. The molecule has 0 radical (unpaired) electrons. The van der Waals surface area contributed by atoms with E-state index in [0.717, 1.165) is 25.8 Å². The first-order valence-corrected chi connectivity index (χ1v) is 7.16. The van der Waals surface area contributed by atoms with Crippen LogP contribution < -0.4 is 5.73 Å². The zero-order valence-corrected chi connectivity index (χ0v) is 11.1. The van der Waals surface area contributed by atoms with Crippen molar-refractivity contribution < 1.29 is 4.79 Å². The van der Waals surface area contributed by atoms with Crippen LogP contribution >= 0.6 is 0 Å². The summed E-state index contributed by atoms with van der Waals surface area (Å²) in [6.07, 6.45) is 9.42. The molecule has 1 unspecified atom stereocenters. The molecule has 1 saturated carbocycles. The Bertz CT molecular complexity index is 273. The largest absolute Gasteiger partial charge is 0.336 e. The van der Waals surface area contributed by atoms with E-state index >= 15 is 0 Å². The highest BCUT2D eigenvalue weighted by Crippen LogP contribution is 2.32. The molecule has 3 nitrogen and oxygen atoms in total. The van der Waals surface area contributed by atoms with Crippen molar-refractivity contribution >= 4 is 5.91 Å². The van der Waals surface area contributed by atoms with E-state index in [1.807, 2.05) is 0 Å². The van der Waals surface area contributed by atoms with Gasteiger partial charge in [-0.2, -0.15) is 0 Å². The van der Waals surface area contributed by atoms with Crippen molar-refractivity contribution in [3.05, 3.63) is 0 Å². The Kier molecular flexibility index (Phi) is 4.08. The van der Waals surface area contributed by atoms with Gasteiger partial charge in [-0.25, -0.2) is 0 Å². The summed E-state index contributed by atoms with van der Waals surface area (Å²) in [5, 5.41) is 0. The fraction of sp³-hybridized carbons (Fsp3) is 0.929. The highest BCUT2D eigenvalue weighted by Gasteiger charge is 2.38. The van der Waals surface area contributed by atoms with Crippen molar-refractivity contribution in [2.24, 2.45) is 11.7 Å². The lowest BCUT2D eigenvalue weighted by Crippen LogP contribution is -2.50. The molecule has 2 N–H and O–H groups in total. The zero-order chi connectivity index (χ0) is 12.3. The minimum Gasteiger partial charge on any atom is -0.336 e. The Morgan fingerprint density at radius 2 is 2.00 bits per heavy atom. The molecule has 0 aromatic carbocycles. The smallest absolute Gasteiger partial charge is 0.223 e. The molecule has 2 fully saturated rings.